The molecule has 10 heteroatoms. The van der Waals surface area contributed by atoms with Gasteiger partial charge >= 0.3 is 0 Å². The summed E-state index contributed by atoms with van der Waals surface area (Å²) in [6.07, 6.45) is 2.76. The van der Waals surface area contributed by atoms with Crippen LogP contribution >= 0.6 is 0 Å². The highest BCUT2D eigenvalue weighted by Crippen LogP contribution is 2.21. The van der Waals surface area contributed by atoms with Crippen LogP contribution in [0.5, 0.6) is 0 Å². The monoisotopic (exact) mass is 1120 g/mol. The van der Waals surface area contributed by atoms with E-state index in [2.05, 4.69) is 201 Å². The number of hydrogen-bond acceptors (Lipinski definition) is 10. The number of nitrogens with zero attached hydrogens (tertiary/aromatic N) is 2. The summed E-state index contributed by atoms with van der Waals surface area (Å²) in [6.45, 7) is 9.15. The van der Waals surface area contributed by atoms with Crippen molar-refractivity contribution < 1.29 is 0 Å². The van der Waals surface area contributed by atoms with E-state index in [1.807, 2.05) is 133 Å². The summed E-state index contributed by atoms with van der Waals surface area (Å²) < 4.78 is 0. The molecular weight excluding hydrogens is 1030 g/mol. The number of aryl methyl sites for hydroxylation is 2. The lowest BCUT2D eigenvalue weighted by molar-refractivity contribution is 0.836. The van der Waals surface area contributed by atoms with Crippen LogP contribution in [0, 0.1) is 13.8 Å². The van der Waals surface area contributed by atoms with Crippen molar-refractivity contribution in [3.8, 4) is 0 Å². The van der Waals surface area contributed by atoms with Crippen LogP contribution in [0.15, 0.2) is 255 Å². The molecule has 0 fully saturated rings. The maximum atomic E-state index is 5.87. The third-order valence-electron chi connectivity index (χ3n) is 13.7. The molecule has 0 aliphatic rings. The molecule has 0 saturated heterocycles. The Morgan fingerprint density at radius 3 is 1.06 bits per heavy atom. The lowest BCUT2D eigenvalue weighted by Crippen LogP contribution is -2.24. The zero-order valence-corrected chi connectivity index (χ0v) is 50.3. The van der Waals surface area contributed by atoms with Gasteiger partial charge in [-0.3, -0.25) is 0 Å². The first-order valence-corrected chi connectivity index (χ1v) is 28.8. The minimum Gasteiger partial charge on any atom is -0.399 e. The van der Waals surface area contributed by atoms with Crippen LogP contribution in [0.3, 0.4) is 0 Å². The Balaban J connectivity index is 0.000000169. The summed E-state index contributed by atoms with van der Waals surface area (Å²) in [5.74, 6) is 0. The molecule has 0 spiro atoms. The van der Waals surface area contributed by atoms with Crippen molar-refractivity contribution >= 4 is 56.9 Å². The number of rotatable bonds is 18. The lowest BCUT2D eigenvalue weighted by Gasteiger charge is -2.16. The van der Waals surface area contributed by atoms with E-state index in [4.69, 9.17) is 22.9 Å². The van der Waals surface area contributed by atoms with Gasteiger partial charge in [-0.05, 0) is 188 Å². The topological polar surface area (TPSA) is 159 Å². The maximum absolute atomic E-state index is 5.87. The van der Waals surface area contributed by atoms with Gasteiger partial charge in [0.05, 0.1) is 0 Å². The molecule has 84 heavy (non-hydrogen) atoms. The SMILES string of the molecule is CC(CNc1ccccc1)Nc1ccccc1.CN(C)c1ccc(Cc2ccc(N(C)C)cc2)cc1.Cc1ccccc1NCCNc1ccccc1C.Nc1ccc(Cc2ccc(N)cc2)cc1.Nc1ccc(Cc2ccccc2N)cc1. The first kappa shape index (κ1) is 63.4. The van der Waals surface area contributed by atoms with Gasteiger partial charge in [-0.2, -0.15) is 0 Å². The number of nitrogens with one attached hydrogen (secondary N) is 4. The summed E-state index contributed by atoms with van der Waals surface area (Å²) in [6, 6.07) is 86.8. The quantitative estimate of drug-likeness (QED) is 0.0307. The van der Waals surface area contributed by atoms with Crippen LogP contribution in [-0.4, -0.2) is 53.9 Å². The van der Waals surface area contributed by atoms with Gasteiger partial charge in [0.25, 0.3) is 0 Å². The number of nitrogen functional groups attached to an aromatic ring is 4. The molecule has 1 atom stereocenters. The molecule has 10 aromatic carbocycles. The first-order chi connectivity index (χ1) is 40.7. The summed E-state index contributed by atoms with van der Waals surface area (Å²) in [5, 5.41) is 13.7. The molecule has 10 rings (SSSR count). The van der Waals surface area contributed by atoms with Crippen LogP contribution in [0.1, 0.15) is 51.4 Å². The molecule has 0 amide bonds. The Hall–Kier alpha value is -9.80. The predicted molar refractivity (Wildman–Crippen MR) is 367 cm³/mol. The normalized spacial score (nSPS) is 10.5. The average Bonchev–Trinajstić information content (AvgIpc) is 3.58. The van der Waals surface area contributed by atoms with E-state index in [9.17, 15) is 0 Å². The van der Waals surface area contributed by atoms with Gasteiger partial charge in [0.15, 0.2) is 0 Å². The van der Waals surface area contributed by atoms with Gasteiger partial charge in [0.2, 0.25) is 0 Å². The zero-order chi connectivity index (χ0) is 59.9. The second-order valence-electron chi connectivity index (χ2n) is 21.2. The van der Waals surface area contributed by atoms with Gasteiger partial charge < -0.3 is 54.0 Å². The molecule has 0 aromatic heterocycles. The molecule has 12 N–H and O–H groups in total. The highest BCUT2D eigenvalue weighted by atomic mass is 15.1. The summed E-state index contributed by atoms with van der Waals surface area (Å²) in [4.78, 5) is 4.24. The molecule has 0 aliphatic heterocycles. The van der Waals surface area contributed by atoms with Crippen molar-refractivity contribution in [1.82, 2.24) is 0 Å². The van der Waals surface area contributed by atoms with Gasteiger partial charge in [-0.1, -0.05) is 152 Å². The Morgan fingerprint density at radius 1 is 0.345 bits per heavy atom. The van der Waals surface area contributed by atoms with Crippen molar-refractivity contribution in [3.63, 3.8) is 0 Å². The van der Waals surface area contributed by atoms with E-state index in [0.717, 1.165) is 78.6 Å². The Labute approximate surface area is 501 Å². The number of benzene rings is 10. The smallest absolute Gasteiger partial charge is 0.0405 e. The fourth-order valence-electron chi connectivity index (χ4n) is 8.75. The van der Waals surface area contributed by atoms with E-state index in [1.165, 1.54) is 61.7 Å². The summed E-state index contributed by atoms with van der Waals surface area (Å²) in [7, 11) is 8.26. The maximum Gasteiger partial charge on any atom is 0.0405 e. The minimum atomic E-state index is 0.387. The van der Waals surface area contributed by atoms with Crippen LogP contribution in [0.2, 0.25) is 0 Å². The van der Waals surface area contributed by atoms with E-state index < -0.39 is 0 Å². The second-order valence-corrected chi connectivity index (χ2v) is 21.2. The fraction of sp³-hybridized carbons (Fsp3) is 0.189. The largest absolute Gasteiger partial charge is 0.399 e. The van der Waals surface area contributed by atoms with E-state index in [1.54, 1.807) is 0 Å². The predicted octanol–water partition coefficient (Wildman–Crippen LogP) is 15.7. The standard InChI is InChI=1S/C17H22N2.C16H20N2.C15H18N2.2C13H14N2/c1-18(2)16-9-5-14(6-10-16)13-15-7-11-17(12-8-15)19(3)4;1-13-7-3-5-9-15(13)17-11-12-18-16-10-6-4-8-14(16)2;1-13(17-15-10-6-3-7-11-15)12-16-14-8-4-2-5-9-14;14-12-5-1-10(2-6-12)9-11-3-7-13(15)8-4-11;14-12-7-5-10(6-8-12)9-11-3-1-2-4-13(11)15/h5-12H,13H2,1-4H3;3-10,17-18H,11-12H2,1-2H3;2-11,13,16-17H,12H2,1H3;2*1-8H,9,14-15H2. The van der Waals surface area contributed by atoms with Crippen LogP contribution in [-0.2, 0) is 19.3 Å². The Bertz CT molecular complexity index is 3250. The summed E-state index contributed by atoms with van der Waals surface area (Å²) >= 11 is 0. The fourth-order valence-corrected chi connectivity index (χ4v) is 8.75. The minimum absolute atomic E-state index is 0.387. The number of anilines is 10. The third kappa shape index (κ3) is 23.4. The van der Waals surface area contributed by atoms with Crippen LogP contribution in [0.25, 0.3) is 0 Å². The van der Waals surface area contributed by atoms with Crippen molar-refractivity contribution in [2.75, 3.05) is 102 Å². The van der Waals surface area contributed by atoms with Gasteiger partial charge in [-0.15, -0.1) is 0 Å². The van der Waals surface area contributed by atoms with Crippen molar-refractivity contribution in [1.29, 1.82) is 0 Å². The number of nitrogens with two attached hydrogens (primary N) is 4. The molecule has 10 nitrogen and oxygen atoms in total. The number of para-hydroxylation sites is 5. The molecule has 10 aromatic rings. The van der Waals surface area contributed by atoms with Crippen LogP contribution in [0.4, 0.5) is 56.9 Å². The van der Waals surface area contributed by atoms with Gasteiger partial charge in [-0.25, -0.2) is 0 Å². The molecule has 0 bridgehead atoms. The first-order valence-electron chi connectivity index (χ1n) is 28.8. The number of hydrogen-bond donors (Lipinski definition) is 8. The molecule has 0 saturated carbocycles. The van der Waals surface area contributed by atoms with Gasteiger partial charge in [0, 0.05) is 111 Å². The van der Waals surface area contributed by atoms with E-state index in [-0.39, 0.29) is 0 Å². The average molecular weight is 1120 g/mol. The van der Waals surface area contributed by atoms with E-state index >= 15 is 0 Å². The van der Waals surface area contributed by atoms with Crippen LogP contribution < -0.4 is 54.0 Å². The summed E-state index contributed by atoms with van der Waals surface area (Å²) in [5.41, 5.74) is 43.4. The van der Waals surface area contributed by atoms with Crippen molar-refractivity contribution in [2.45, 2.75) is 46.1 Å². The van der Waals surface area contributed by atoms with Gasteiger partial charge in [0.1, 0.15) is 0 Å². The molecular formula is C74H88N10. The van der Waals surface area contributed by atoms with E-state index in [0.29, 0.717) is 6.04 Å². The molecule has 434 valence electrons. The third-order valence-corrected chi connectivity index (χ3v) is 13.7. The zero-order valence-electron chi connectivity index (χ0n) is 50.3. The Kier molecular flexibility index (Phi) is 26.0. The van der Waals surface area contributed by atoms with Crippen molar-refractivity contribution in [2.24, 2.45) is 0 Å². The molecule has 0 radical (unpaired) electrons. The highest BCUT2D eigenvalue weighted by molar-refractivity contribution is 5.54. The second kappa shape index (κ2) is 34.5. The molecule has 0 aliphatic carbocycles. The Morgan fingerprint density at radius 2 is 0.679 bits per heavy atom. The molecule has 0 heterocycles. The highest BCUT2D eigenvalue weighted by Gasteiger charge is 2.04. The molecule has 1 unspecified atom stereocenters. The van der Waals surface area contributed by atoms with Crippen molar-refractivity contribution in [3.05, 3.63) is 299 Å². The lowest BCUT2D eigenvalue weighted by atomic mass is 10.0.